The maximum atomic E-state index is 11.2. The molecule has 0 radical (unpaired) electrons. The second-order valence-corrected chi connectivity index (χ2v) is 6.30. The van der Waals surface area contributed by atoms with Gasteiger partial charge in [-0.2, -0.15) is 12.6 Å². The number of thiol groups is 1. The minimum atomic E-state index is -1.13. The third kappa shape index (κ3) is 3.32. The second-order valence-electron chi connectivity index (χ2n) is 5.34. The van der Waals surface area contributed by atoms with Crippen molar-refractivity contribution in [3.63, 3.8) is 0 Å². The van der Waals surface area contributed by atoms with Gasteiger partial charge in [0.05, 0.1) is 0 Å². The number of rotatable bonds is 4. The smallest absolute Gasteiger partial charge is 0.325 e. The first kappa shape index (κ1) is 16.6. The molecule has 1 unspecified atom stereocenters. The summed E-state index contributed by atoms with van der Waals surface area (Å²) < 4.78 is 5.75. The van der Waals surface area contributed by atoms with E-state index in [0.717, 1.165) is 16.7 Å². The van der Waals surface area contributed by atoms with Crippen LogP contribution in [0.2, 0.25) is 5.02 Å². The molecule has 2 aromatic carbocycles. The highest BCUT2D eigenvalue weighted by molar-refractivity contribution is 7.81. The molecular weight excluding hydrogens is 346 g/mol. The number of benzene rings is 2. The van der Waals surface area contributed by atoms with Gasteiger partial charge in [0.1, 0.15) is 5.69 Å². The lowest BCUT2D eigenvalue weighted by molar-refractivity contribution is -0.136. The van der Waals surface area contributed by atoms with Gasteiger partial charge in [-0.05, 0) is 19.1 Å². The molecule has 0 saturated heterocycles. The Labute approximate surface area is 149 Å². The van der Waals surface area contributed by atoms with E-state index in [1.165, 1.54) is 0 Å². The molecule has 0 spiro atoms. The van der Waals surface area contributed by atoms with Gasteiger partial charge in [-0.25, -0.2) is 4.98 Å². The average Bonchev–Trinajstić information content (AvgIpc) is 3.00. The summed E-state index contributed by atoms with van der Waals surface area (Å²) in [5.74, 6) is -0.559. The predicted octanol–water partition coefficient (Wildman–Crippen LogP) is 5.03. The van der Waals surface area contributed by atoms with Crippen molar-refractivity contribution in [1.82, 2.24) is 4.98 Å². The Morgan fingerprint density at radius 1 is 1.12 bits per heavy atom. The predicted molar refractivity (Wildman–Crippen MR) is 96.5 cm³/mol. The highest BCUT2D eigenvalue weighted by atomic mass is 35.5. The van der Waals surface area contributed by atoms with Crippen LogP contribution in [0.25, 0.3) is 22.6 Å². The Kier molecular flexibility index (Phi) is 4.64. The highest BCUT2D eigenvalue weighted by Crippen LogP contribution is 2.36. The lowest BCUT2D eigenvalue weighted by Gasteiger charge is -2.02. The van der Waals surface area contributed by atoms with E-state index in [1.54, 1.807) is 12.1 Å². The molecule has 4 nitrogen and oxygen atoms in total. The zero-order valence-electron chi connectivity index (χ0n) is 12.7. The molecule has 3 rings (SSSR count). The van der Waals surface area contributed by atoms with Gasteiger partial charge in [-0.3, -0.25) is 4.79 Å². The van der Waals surface area contributed by atoms with Crippen molar-refractivity contribution in [1.29, 1.82) is 0 Å². The molecule has 1 aromatic heterocycles. The fraction of sp³-hybridized carbons (Fsp3) is 0.111. The van der Waals surface area contributed by atoms with Crippen molar-refractivity contribution in [2.75, 3.05) is 0 Å². The maximum absolute atomic E-state index is 11.2. The van der Waals surface area contributed by atoms with Crippen LogP contribution in [0.1, 0.15) is 16.7 Å². The summed E-state index contributed by atoms with van der Waals surface area (Å²) in [6.07, 6.45) is 0. The zero-order chi connectivity index (χ0) is 17.3. The third-order valence-corrected chi connectivity index (χ3v) is 4.24. The number of hydrogen-bond acceptors (Lipinski definition) is 4. The van der Waals surface area contributed by atoms with Crippen LogP contribution in [0.15, 0.2) is 52.9 Å². The molecule has 122 valence electrons. The van der Waals surface area contributed by atoms with Crippen molar-refractivity contribution in [3.8, 4) is 22.6 Å². The van der Waals surface area contributed by atoms with Gasteiger partial charge in [-0.1, -0.05) is 53.6 Å². The normalized spacial score (nSPS) is 12.1. The molecule has 1 atom stereocenters. The summed E-state index contributed by atoms with van der Waals surface area (Å²) in [6, 6.07) is 14.9. The van der Waals surface area contributed by atoms with Crippen LogP contribution in [0.5, 0.6) is 0 Å². The van der Waals surface area contributed by atoms with E-state index >= 15 is 0 Å². The van der Waals surface area contributed by atoms with E-state index in [-0.39, 0.29) is 5.89 Å². The minimum Gasteiger partial charge on any atom is -0.480 e. The number of aromatic nitrogens is 1. The largest absolute Gasteiger partial charge is 0.480 e. The first-order valence-electron chi connectivity index (χ1n) is 7.20. The molecule has 1 N–H and O–H groups in total. The Hall–Kier alpha value is -2.24. The molecule has 1 heterocycles. The van der Waals surface area contributed by atoms with Crippen molar-refractivity contribution in [2.24, 2.45) is 0 Å². The molecule has 0 bridgehead atoms. The van der Waals surface area contributed by atoms with Gasteiger partial charge in [0, 0.05) is 16.1 Å². The van der Waals surface area contributed by atoms with E-state index in [9.17, 15) is 4.79 Å². The summed E-state index contributed by atoms with van der Waals surface area (Å²) in [4.78, 5) is 15.6. The quantitative estimate of drug-likeness (QED) is 0.641. The lowest BCUT2D eigenvalue weighted by atomic mass is 10.0. The van der Waals surface area contributed by atoms with Gasteiger partial charge in [0.2, 0.25) is 5.89 Å². The molecule has 6 heteroatoms. The first-order chi connectivity index (χ1) is 11.5. The maximum Gasteiger partial charge on any atom is 0.325 e. The number of carbonyl (C=O) groups is 1. The molecule has 24 heavy (non-hydrogen) atoms. The van der Waals surface area contributed by atoms with Crippen LogP contribution in [-0.4, -0.2) is 16.1 Å². The molecule has 0 saturated carbocycles. The van der Waals surface area contributed by atoms with Gasteiger partial charge in [-0.15, -0.1) is 0 Å². The number of carboxylic acids is 1. The summed E-state index contributed by atoms with van der Waals surface area (Å²) in [5, 5.41) is 8.63. The van der Waals surface area contributed by atoms with Crippen molar-refractivity contribution in [2.45, 2.75) is 12.2 Å². The Morgan fingerprint density at radius 3 is 2.29 bits per heavy atom. The Morgan fingerprint density at radius 2 is 1.71 bits per heavy atom. The topological polar surface area (TPSA) is 63.3 Å². The van der Waals surface area contributed by atoms with Crippen LogP contribution >= 0.6 is 24.2 Å². The molecule has 0 aliphatic carbocycles. The number of halogens is 1. The summed E-state index contributed by atoms with van der Waals surface area (Å²) in [5.41, 5.74) is 3.28. The number of nitrogens with zero attached hydrogens (tertiary/aromatic N) is 1. The number of aliphatic carboxylic acids is 1. The summed E-state index contributed by atoms with van der Waals surface area (Å²) >= 11 is 9.99. The minimum absolute atomic E-state index is 0.0476. The van der Waals surface area contributed by atoms with Gasteiger partial charge in [0.15, 0.2) is 11.0 Å². The van der Waals surface area contributed by atoms with Crippen molar-refractivity contribution >= 4 is 30.2 Å². The second kappa shape index (κ2) is 6.71. The molecule has 0 fully saturated rings. The molecule has 0 aliphatic heterocycles. The molecular formula is C18H14ClNO3S. The van der Waals surface area contributed by atoms with E-state index in [1.807, 2.05) is 43.3 Å². The Bertz CT molecular complexity index is 809. The first-order valence-corrected chi connectivity index (χ1v) is 8.09. The zero-order valence-corrected chi connectivity index (χ0v) is 14.4. The van der Waals surface area contributed by atoms with E-state index < -0.39 is 11.2 Å². The number of oxazole rings is 1. The average molecular weight is 360 g/mol. The van der Waals surface area contributed by atoms with Gasteiger partial charge in [0.25, 0.3) is 0 Å². The Balaban J connectivity index is 2.16. The van der Waals surface area contributed by atoms with Crippen LogP contribution in [0.3, 0.4) is 0 Å². The van der Waals surface area contributed by atoms with Crippen LogP contribution in [0, 0.1) is 6.92 Å². The van der Waals surface area contributed by atoms with E-state index in [0.29, 0.717) is 16.5 Å². The summed E-state index contributed by atoms with van der Waals surface area (Å²) in [7, 11) is 0. The fourth-order valence-electron chi connectivity index (χ4n) is 2.26. The van der Waals surface area contributed by atoms with Gasteiger partial charge < -0.3 is 9.52 Å². The van der Waals surface area contributed by atoms with Crippen LogP contribution in [-0.2, 0) is 4.79 Å². The highest BCUT2D eigenvalue weighted by Gasteiger charge is 2.25. The van der Waals surface area contributed by atoms with Crippen molar-refractivity contribution in [3.05, 3.63) is 65.0 Å². The lowest BCUT2D eigenvalue weighted by Crippen LogP contribution is -2.05. The molecule has 3 aromatic rings. The fourth-order valence-corrected chi connectivity index (χ4v) is 2.50. The number of hydrogen-bond donors (Lipinski definition) is 2. The van der Waals surface area contributed by atoms with E-state index in [4.69, 9.17) is 21.1 Å². The summed E-state index contributed by atoms with van der Waals surface area (Å²) in [6.45, 7) is 1.99. The standard InChI is InChI=1S/C18H14ClNO3S/c1-10-2-4-12(5-3-10)15-14(11-6-8-13(19)9-7-11)20-17(23-15)16(24)18(21)22/h2-9,16,24H,1H3,(H,21,22). The van der Waals surface area contributed by atoms with E-state index in [2.05, 4.69) is 17.6 Å². The SMILES string of the molecule is Cc1ccc(-c2oc(C(S)C(=O)O)nc2-c2ccc(Cl)cc2)cc1. The molecule has 0 aliphatic rings. The van der Waals surface area contributed by atoms with Crippen LogP contribution < -0.4 is 0 Å². The third-order valence-electron chi connectivity index (χ3n) is 3.54. The monoisotopic (exact) mass is 359 g/mol. The van der Waals surface area contributed by atoms with Gasteiger partial charge >= 0.3 is 5.97 Å². The van der Waals surface area contributed by atoms with Crippen LogP contribution in [0.4, 0.5) is 0 Å². The number of carboxylic acid groups (broad SMARTS) is 1. The van der Waals surface area contributed by atoms with Crippen molar-refractivity contribution < 1.29 is 14.3 Å². The number of aryl methyl sites for hydroxylation is 1. The molecule has 0 amide bonds.